The van der Waals surface area contributed by atoms with Crippen LogP contribution in [0.25, 0.3) is 33.4 Å². The fourth-order valence-corrected chi connectivity index (χ4v) is 3.69. The second-order valence-electron chi connectivity index (χ2n) is 6.77. The van der Waals surface area contributed by atoms with Crippen molar-refractivity contribution in [2.24, 2.45) is 0 Å². The summed E-state index contributed by atoms with van der Waals surface area (Å²) in [6.45, 7) is 3.33. The van der Waals surface area contributed by atoms with Gasteiger partial charge in [0.15, 0.2) is 17.0 Å². The summed E-state index contributed by atoms with van der Waals surface area (Å²) in [5.74, 6) is 1.59. The van der Waals surface area contributed by atoms with Crippen molar-refractivity contribution in [1.82, 2.24) is 18.9 Å². The standard InChI is InChI=1S/C22H18N4O3/c1-13-23-21-20(22-24-17-6-4-5-7-18(17)26(13)22)19(29-14(2)27)12-25(21)15-8-10-16(28-3)11-9-15/h4-12H,1-3H3. The number of aryl methyl sites for hydroxylation is 1. The molecule has 0 N–H and O–H groups in total. The number of carbonyl (C=O) groups excluding carboxylic acids is 1. The van der Waals surface area contributed by atoms with Gasteiger partial charge in [0.05, 0.1) is 24.3 Å². The lowest BCUT2D eigenvalue weighted by atomic mass is 10.3. The molecule has 0 atom stereocenters. The molecule has 7 heteroatoms. The first kappa shape index (κ1) is 17.2. The molecule has 0 radical (unpaired) electrons. The van der Waals surface area contributed by atoms with E-state index in [1.165, 1.54) is 6.92 Å². The third-order valence-corrected chi connectivity index (χ3v) is 4.92. The van der Waals surface area contributed by atoms with E-state index in [0.717, 1.165) is 28.3 Å². The Morgan fingerprint density at radius 3 is 2.48 bits per heavy atom. The molecule has 0 aliphatic heterocycles. The molecular weight excluding hydrogens is 368 g/mol. The first-order valence-electron chi connectivity index (χ1n) is 9.18. The van der Waals surface area contributed by atoms with Crippen molar-refractivity contribution in [3.05, 3.63) is 60.6 Å². The Labute approximate surface area is 166 Å². The number of benzene rings is 2. The maximum Gasteiger partial charge on any atom is 0.308 e. The molecule has 0 bridgehead atoms. The van der Waals surface area contributed by atoms with Gasteiger partial charge in [0.25, 0.3) is 0 Å². The average molecular weight is 386 g/mol. The summed E-state index contributed by atoms with van der Waals surface area (Å²) in [6, 6.07) is 15.5. The molecule has 144 valence electrons. The Bertz CT molecular complexity index is 1400. The minimum Gasteiger partial charge on any atom is -0.497 e. The molecule has 5 aromatic rings. The van der Waals surface area contributed by atoms with Crippen molar-refractivity contribution >= 4 is 33.7 Å². The molecule has 0 saturated heterocycles. The van der Waals surface area contributed by atoms with Crippen LogP contribution in [0.3, 0.4) is 0 Å². The van der Waals surface area contributed by atoms with Crippen LogP contribution in [0.4, 0.5) is 0 Å². The molecule has 0 aliphatic rings. The maximum atomic E-state index is 11.8. The van der Waals surface area contributed by atoms with E-state index < -0.39 is 5.97 Å². The van der Waals surface area contributed by atoms with Gasteiger partial charge in [0, 0.05) is 12.6 Å². The Balaban J connectivity index is 1.88. The Hall–Kier alpha value is -3.87. The zero-order valence-electron chi connectivity index (χ0n) is 16.2. The van der Waals surface area contributed by atoms with Gasteiger partial charge in [-0.25, -0.2) is 9.97 Å². The van der Waals surface area contributed by atoms with E-state index >= 15 is 0 Å². The molecule has 7 nitrogen and oxygen atoms in total. The maximum absolute atomic E-state index is 11.8. The van der Waals surface area contributed by atoms with Crippen molar-refractivity contribution in [2.75, 3.05) is 7.11 Å². The number of aromatic nitrogens is 4. The van der Waals surface area contributed by atoms with E-state index in [1.807, 2.05) is 64.4 Å². The van der Waals surface area contributed by atoms with Crippen molar-refractivity contribution in [3.8, 4) is 17.2 Å². The van der Waals surface area contributed by atoms with Crippen molar-refractivity contribution in [1.29, 1.82) is 0 Å². The first-order valence-corrected chi connectivity index (χ1v) is 9.18. The quantitative estimate of drug-likeness (QED) is 0.437. The first-order chi connectivity index (χ1) is 14.1. The van der Waals surface area contributed by atoms with Gasteiger partial charge in [-0.2, -0.15) is 0 Å². The van der Waals surface area contributed by atoms with Crippen LogP contribution < -0.4 is 9.47 Å². The lowest BCUT2D eigenvalue weighted by Gasteiger charge is -2.07. The van der Waals surface area contributed by atoms with Gasteiger partial charge < -0.3 is 9.47 Å². The summed E-state index contributed by atoms with van der Waals surface area (Å²) in [5.41, 5.74) is 4.07. The summed E-state index contributed by atoms with van der Waals surface area (Å²) < 4.78 is 14.7. The summed E-state index contributed by atoms with van der Waals surface area (Å²) in [7, 11) is 1.63. The number of para-hydroxylation sites is 2. The summed E-state index contributed by atoms with van der Waals surface area (Å²) in [5, 5.41) is 0.692. The molecule has 5 rings (SSSR count). The SMILES string of the molecule is COc1ccc(-n2cc(OC(C)=O)c3c2nc(C)n2c4ccccc4nc32)cc1. The van der Waals surface area contributed by atoms with Crippen molar-refractivity contribution in [3.63, 3.8) is 0 Å². The third kappa shape index (κ3) is 2.62. The number of imidazole rings is 1. The second kappa shape index (κ2) is 6.34. The molecule has 0 amide bonds. The minimum atomic E-state index is -0.395. The van der Waals surface area contributed by atoms with E-state index in [2.05, 4.69) is 0 Å². The summed E-state index contributed by atoms with van der Waals surface area (Å²) in [4.78, 5) is 21.4. The highest BCUT2D eigenvalue weighted by Gasteiger charge is 2.21. The van der Waals surface area contributed by atoms with Gasteiger partial charge >= 0.3 is 5.97 Å². The highest BCUT2D eigenvalue weighted by Crippen LogP contribution is 2.35. The number of methoxy groups -OCH3 is 1. The highest BCUT2D eigenvalue weighted by molar-refractivity contribution is 6.01. The van der Waals surface area contributed by atoms with E-state index in [0.29, 0.717) is 22.4 Å². The molecule has 0 fully saturated rings. The number of esters is 1. The largest absolute Gasteiger partial charge is 0.497 e. The topological polar surface area (TPSA) is 70.7 Å². The number of hydrogen-bond donors (Lipinski definition) is 0. The van der Waals surface area contributed by atoms with Gasteiger partial charge in [-0.3, -0.25) is 13.8 Å². The lowest BCUT2D eigenvalue weighted by Crippen LogP contribution is -2.02. The lowest BCUT2D eigenvalue weighted by molar-refractivity contribution is -0.131. The van der Waals surface area contributed by atoms with Gasteiger partial charge in [-0.15, -0.1) is 0 Å². The van der Waals surface area contributed by atoms with E-state index in [1.54, 1.807) is 13.3 Å². The van der Waals surface area contributed by atoms with Gasteiger partial charge in [-0.1, -0.05) is 12.1 Å². The predicted molar refractivity (Wildman–Crippen MR) is 110 cm³/mol. The molecule has 2 aromatic carbocycles. The molecule has 0 unspecified atom stereocenters. The predicted octanol–water partition coefficient (Wildman–Crippen LogP) is 4.07. The van der Waals surface area contributed by atoms with Crippen LogP contribution in [0, 0.1) is 6.92 Å². The summed E-state index contributed by atoms with van der Waals surface area (Å²) in [6.07, 6.45) is 1.78. The number of nitrogens with zero attached hydrogens (tertiary/aromatic N) is 4. The Morgan fingerprint density at radius 2 is 1.76 bits per heavy atom. The zero-order chi connectivity index (χ0) is 20.1. The molecule has 3 aromatic heterocycles. The summed E-state index contributed by atoms with van der Waals surface area (Å²) >= 11 is 0. The zero-order valence-corrected chi connectivity index (χ0v) is 16.2. The van der Waals surface area contributed by atoms with Crippen LogP contribution in [0.1, 0.15) is 12.7 Å². The van der Waals surface area contributed by atoms with Crippen LogP contribution in [0.15, 0.2) is 54.7 Å². The van der Waals surface area contributed by atoms with Gasteiger partial charge in [0.1, 0.15) is 17.0 Å². The molecular formula is C22H18N4O3. The molecule has 0 saturated carbocycles. The van der Waals surface area contributed by atoms with E-state index in [-0.39, 0.29) is 0 Å². The van der Waals surface area contributed by atoms with Crippen LogP contribution in [0.5, 0.6) is 11.5 Å². The van der Waals surface area contributed by atoms with Crippen LogP contribution in [-0.2, 0) is 4.79 Å². The van der Waals surface area contributed by atoms with E-state index in [4.69, 9.17) is 19.4 Å². The van der Waals surface area contributed by atoms with Gasteiger partial charge in [0.2, 0.25) is 0 Å². The number of hydrogen-bond acceptors (Lipinski definition) is 5. The smallest absolute Gasteiger partial charge is 0.308 e. The molecule has 0 aliphatic carbocycles. The molecule has 3 heterocycles. The highest BCUT2D eigenvalue weighted by atomic mass is 16.5. The Kier molecular flexibility index (Phi) is 3.77. The van der Waals surface area contributed by atoms with Crippen LogP contribution in [0.2, 0.25) is 0 Å². The average Bonchev–Trinajstić information content (AvgIpc) is 3.26. The van der Waals surface area contributed by atoms with Gasteiger partial charge in [-0.05, 0) is 43.3 Å². The fourth-order valence-electron chi connectivity index (χ4n) is 3.69. The van der Waals surface area contributed by atoms with Crippen molar-refractivity contribution < 1.29 is 14.3 Å². The Morgan fingerprint density at radius 1 is 1.00 bits per heavy atom. The number of ether oxygens (including phenoxy) is 2. The molecule has 0 spiro atoms. The third-order valence-electron chi connectivity index (χ3n) is 4.92. The second-order valence-corrected chi connectivity index (χ2v) is 6.77. The molecule has 29 heavy (non-hydrogen) atoms. The minimum absolute atomic E-state index is 0.395. The fraction of sp³-hybridized carbons (Fsp3) is 0.136. The number of fused-ring (bicyclic) bond motifs is 5. The number of carbonyl (C=O) groups is 1. The number of rotatable bonds is 3. The van der Waals surface area contributed by atoms with Crippen LogP contribution in [-0.4, -0.2) is 32.0 Å². The van der Waals surface area contributed by atoms with E-state index in [9.17, 15) is 4.79 Å². The monoisotopic (exact) mass is 386 g/mol. The normalized spacial score (nSPS) is 11.4. The van der Waals surface area contributed by atoms with Crippen LogP contribution >= 0.6 is 0 Å². The van der Waals surface area contributed by atoms with Crippen molar-refractivity contribution in [2.45, 2.75) is 13.8 Å².